The zero-order chi connectivity index (χ0) is 27.3. The van der Waals surface area contributed by atoms with E-state index >= 15 is 0 Å². The van der Waals surface area contributed by atoms with E-state index in [1.54, 1.807) is 4.90 Å². The van der Waals surface area contributed by atoms with E-state index < -0.39 is 17.8 Å². The van der Waals surface area contributed by atoms with Crippen molar-refractivity contribution in [3.05, 3.63) is 29.2 Å². The smallest absolute Gasteiger partial charge is 0.416 e. The van der Waals surface area contributed by atoms with Crippen LogP contribution in [0.1, 0.15) is 96.0 Å². The first-order valence-electron chi connectivity index (χ1n) is 13.5. The molecule has 2 aromatic rings. The Morgan fingerprint density at radius 3 is 2.32 bits per heavy atom. The molecule has 8 heteroatoms. The molecule has 1 aromatic carbocycles. The van der Waals surface area contributed by atoms with Crippen molar-refractivity contribution < 1.29 is 23.6 Å². The number of benzene rings is 1. The molecule has 5 rings (SSSR count). The highest BCUT2D eigenvalue weighted by molar-refractivity contribution is 6.11. The monoisotopic (exact) mass is 511 g/mol. The average Bonchev–Trinajstić information content (AvgIpc) is 3.37. The number of aryl methyl sites for hydroxylation is 2. The number of ether oxygens (including phenoxy) is 2. The molecule has 2 fully saturated rings. The van der Waals surface area contributed by atoms with Crippen molar-refractivity contribution in [1.29, 1.82) is 0 Å². The molecule has 1 N–H and O–H groups in total. The van der Waals surface area contributed by atoms with Gasteiger partial charge in [0, 0.05) is 11.1 Å². The number of fused-ring (bicyclic) bond motifs is 1. The van der Waals surface area contributed by atoms with Crippen molar-refractivity contribution in [2.24, 2.45) is 5.92 Å². The van der Waals surface area contributed by atoms with Crippen LogP contribution >= 0.6 is 0 Å². The maximum atomic E-state index is 13.8. The van der Waals surface area contributed by atoms with Crippen LogP contribution in [0.4, 0.5) is 16.2 Å². The zero-order valence-corrected chi connectivity index (χ0v) is 23.7. The summed E-state index contributed by atoms with van der Waals surface area (Å²) in [7, 11) is 0. The summed E-state index contributed by atoms with van der Waals surface area (Å²) in [5, 5.41) is 7.63. The number of aromatic nitrogens is 1. The molecule has 3 aliphatic rings. The molecular formula is C29H41N3O5. The van der Waals surface area contributed by atoms with Gasteiger partial charge in [0.2, 0.25) is 0 Å². The van der Waals surface area contributed by atoms with Crippen LogP contribution in [0.15, 0.2) is 16.7 Å². The minimum absolute atomic E-state index is 0.0754. The Morgan fingerprint density at radius 1 is 1.14 bits per heavy atom. The standard InChI is InChI=1S/C27H35N3O5.C2H6/c1-14-21(15(2)35-29-14)17-12-18(23(31)20-10-11-27(6,7)33-20)22-19(13-17)30(24(28-22)16-8-9-16)25(32)34-26(3,4)5;1-2/h12-13,16,20,24,28H,8-11H2,1-7H3;1-2H3. The van der Waals surface area contributed by atoms with Crippen molar-refractivity contribution in [3.63, 3.8) is 0 Å². The summed E-state index contributed by atoms with van der Waals surface area (Å²) >= 11 is 0. The van der Waals surface area contributed by atoms with Crippen LogP contribution in [0.3, 0.4) is 0 Å². The minimum Gasteiger partial charge on any atom is -0.443 e. The Hall–Kier alpha value is -2.87. The van der Waals surface area contributed by atoms with Gasteiger partial charge in [0.05, 0.1) is 22.7 Å². The van der Waals surface area contributed by atoms with Crippen LogP contribution in [-0.2, 0) is 9.47 Å². The highest BCUT2D eigenvalue weighted by atomic mass is 16.6. The van der Waals surface area contributed by atoms with Crippen molar-refractivity contribution in [2.45, 2.75) is 111 Å². The normalized spacial score (nSPS) is 22.1. The van der Waals surface area contributed by atoms with Gasteiger partial charge in [0.15, 0.2) is 5.78 Å². The van der Waals surface area contributed by atoms with Gasteiger partial charge in [-0.3, -0.25) is 9.69 Å². The molecule has 2 aliphatic heterocycles. The van der Waals surface area contributed by atoms with Gasteiger partial charge in [-0.1, -0.05) is 19.0 Å². The Labute approximate surface area is 220 Å². The average molecular weight is 512 g/mol. The van der Waals surface area contributed by atoms with Gasteiger partial charge >= 0.3 is 6.09 Å². The van der Waals surface area contributed by atoms with Gasteiger partial charge < -0.3 is 19.3 Å². The fourth-order valence-electron chi connectivity index (χ4n) is 5.17. The molecule has 8 nitrogen and oxygen atoms in total. The number of hydrogen-bond acceptors (Lipinski definition) is 7. The zero-order valence-electron chi connectivity index (χ0n) is 23.7. The van der Waals surface area contributed by atoms with Crippen LogP contribution in [0.2, 0.25) is 0 Å². The Kier molecular flexibility index (Phi) is 7.18. The topological polar surface area (TPSA) is 93.9 Å². The van der Waals surface area contributed by atoms with E-state index in [2.05, 4.69) is 10.5 Å². The lowest BCUT2D eigenvalue weighted by atomic mass is 9.94. The fourth-order valence-corrected chi connectivity index (χ4v) is 5.17. The van der Waals surface area contributed by atoms with Gasteiger partial charge in [-0.25, -0.2) is 4.79 Å². The number of rotatable bonds is 4. The van der Waals surface area contributed by atoms with E-state index in [4.69, 9.17) is 14.0 Å². The number of hydrogen-bond donors (Lipinski definition) is 1. The molecule has 1 amide bonds. The first kappa shape index (κ1) is 27.2. The lowest BCUT2D eigenvalue weighted by Crippen LogP contribution is -2.44. The Bertz CT molecular complexity index is 1170. The molecule has 3 heterocycles. The van der Waals surface area contributed by atoms with Gasteiger partial charge in [0.25, 0.3) is 0 Å². The number of nitrogens with one attached hydrogen (secondary N) is 1. The predicted octanol–water partition coefficient (Wildman–Crippen LogP) is 7.03. The van der Waals surface area contributed by atoms with E-state index in [0.29, 0.717) is 35.0 Å². The first-order valence-corrected chi connectivity index (χ1v) is 13.5. The van der Waals surface area contributed by atoms with Crippen molar-refractivity contribution in [1.82, 2.24) is 5.16 Å². The van der Waals surface area contributed by atoms with Gasteiger partial charge in [-0.15, -0.1) is 0 Å². The molecule has 1 saturated heterocycles. The summed E-state index contributed by atoms with van der Waals surface area (Å²) in [6, 6.07) is 3.83. The maximum absolute atomic E-state index is 13.8. The number of carbonyl (C=O) groups excluding carboxylic acids is 2. The molecule has 0 radical (unpaired) electrons. The third-order valence-corrected chi connectivity index (χ3v) is 6.96. The molecular weight excluding hydrogens is 470 g/mol. The second-order valence-electron chi connectivity index (χ2n) is 11.7. The number of ketones is 1. The summed E-state index contributed by atoms with van der Waals surface area (Å²) in [6.45, 7) is 17.3. The summed E-state index contributed by atoms with van der Waals surface area (Å²) in [6.07, 6.45) is 2.32. The summed E-state index contributed by atoms with van der Waals surface area (Å²) in [5.74, 6) is 0.892. The van der Waals surface area contributed by atoms with E-state index in [1.165, 1.54) is 0 Å². The van der Waals surface area contributed by atoms with Crippen molar-refractivity contribution in [3.8, 4) is 11.1 Å². The quantitative estimate of drug-likeness (QED) is 0.440. The van der Waals surface area contributed by atoms with Crippen molar-refractivity contribution in [2.75, 3.05) is 10.2 Å². The van der Waals surface area contributed by atoms with Crippen LogP contribution in [-0.4, -0.2) is 40.5 Å². The molecule has 37 heavy (non-hydrogen) atoms. The number of amides is 1. The Morgan fingerprint density at radius 2 is 1.81 bits per heavy atom. The van der Waals surface area contributed by atoms with E-state index in [-0.39, 0.29) is 17.6 Å². The predicted molar refractivity (Wildman–Crippen MR) is 144 cm³/mol. The molecule has 0 bridgehead atoms. The maximum Gasteiger partial charge on any atom is 0.416 e. The third kappa shape index (κ3) is 5.40. The molecule has 0 spiro atoms. The molecule has 2 atom stereocenters. The lowest BCUT2D eigenvalue weighted by molar-refractivity contribution is -0.00721. The van der Waals surface area contributed by atoms with Crippen LogP contribution in [0.25, 0.3) is 11.1 Å². The molecule has 1 aromatic heterocycles. The lowest BCUT2D eigenvalue weighted by Gasteiger charge is -2.28. The number of nitrogens with zero attached hydrogens (tertiary/aromatic N) is 2. The summed E-state index contributed by atoms with van der Waals surface area (Å²) in [5.41, 5.74) is 3.20. The largest absolute Gasteiger partial charge is 0.443 e. The highest BCUT2D eigenvalue weighted by Gasteiger charge is 2.47. The van der Waals surface area contributed by atoms with E-state index in [9.17, 15) is 9.59 Å². The SMILES string of the molecule is CC.Cc1noc(C)c1-c1cc(C(=O)C2CCC(C)(C)O2)c2c(c1)N(C(=O)OC(C)(C)C)C(C1CC1)N2. The first-order chi connectivity index (χ1) is 17.3. The molecule has 1 saturated carbocycles. The number of Topliss-reactive ketones (excluding diaryl/α,β-unsaturated/α-hetero) is 1. The minimum atomic E-state index is -0.644. The van der Waals surface area contributed by atoms with Gasteiger partial charge in [0.1, 0.15) is 23.6 Å². The summed E-state index contributed by atoms with van der Waals surface area (Å²) < 4.78 is 17.3. The van der Waals surface area contributed by atoms with E-state index in [0.717, 1.165) is 36.1 Å². The van der Waals surface area contributed by atoms with E-state index in [1.807, 2.05) is 74.4 Å². The Balaban J connectivity index is 0.00000156. The molecule has 2 unspecified atom stereocenters. The number of anilines is 2. The number of carbonyl (C=O) groups is 2. The van der Waals surface area contributed by atoms with Crippen LogP contribution < -0.4 is 10.2 Å². The second-order valence-corrected chi connectivity index (χ2v) is 11.7. The third-order valence-electron chi connectivity index (χ3n) is 6.96. The molecule has 1 aliphatic carbocycles. The molecule has 202 valence electrons. The second kappa shape index (κ2) is 9.78. The van der Waals surface area contributed by atoms with Gasteiger partial charge in [-0.2, -0.15) is 0 Å². The fraction of sp³-hybridized carbons (Fsp3) is 0.621. The van der Waals surface area contributed by atoms with Crippen LogP contribution in [0.5, 0.6) is 0 Å². The van der Waals surface area contributed by atoms with Crippen LogP contribution in [0, 0.1) is 19.8 Å². The highest BCUT2D eigenvalue weighted by Crippen LogP contribution is 2.49. The summed E-state index contributed by atoms with van der Waals surface area (Å²) in [4.78, 5) is 29.0. The van der Waals surface area contributed by atoms with Gasteiger partial charge in [-0.05, 0) is 97.8 Å². The van der Waals surface area contributed by atoms with Crippen molar-refractivity contribution >= 4 is 23.3 Å².